The van der Waals surface area contributed by atoms with Crippen LogP contribution >= 0.6 is 11.3 Å². The Kier molecular flexibility index (Phi) is 4.61. The summed E-state index contributed by atoms with van der Waals surface area (Å²) in [5.41, 5.74) is 1.22. The lowest BCUT2D eigenvalue weighted by atomic mass is 10.2. The lowest BCUT2D eigenvalue weighted by Crippen LogP contribution is -2.33. The van der Waals surface area contributed by atoms with E-state index in [1.165, 1.54) is 17.4 Å². The predicted molar refractivity (Wildman–Crippen MR) is 96.8 cm³/mol. The van der Waals surface area contributed by atoms with Gasteiger partial charge in [-0.25, -0.2) is 13.4 Å². The molecular formula is C16H18N4O3S2. The van der Waals surface area contributed by atoms with Crippen LogP contribution in [0.1, 0.15) is 19.5 Å². The molecule has 0 atom stereocenters. The largest absolute Gasteiger partial charge is 0.492 e. The molecule has 0 bridgehead atoms. The molecule has 0 amide bonds. The Balaban J connectivity index is 2.13. The fraction of sp³-hybridized carbons (Fsp3) is 0.312. The van der Waals surface area contributed by atoms with E-state index < -0.39 is 20.7 Å². The van der Waals surface area contributed by atoms with E-state index >= 15 is 0 Å². The quantitative estimate of drug-likeness (QED) is 0.806. The van der Waals surface area contributed by atoms with Gasteiger partial charge in [0.1, 0.15) is 0 Å². The molecule has 0 spiro atoms. The van der Waals surface area contributed by atoms with Crippen molar-refractivity contribution in [3.05, 3.63) is 46.3 Å². The van der Waals surface area contributed by atoms with Gasteiger partial charge < -0.3 is 10.0 Å². The first-order valence-corrected chi connectivity index (χ1v) is 10.1. The van der Waals surface area contributed by atoms with E-state index in [2.05, 4.69) is 15.2 Å². The average Bonchev–Trinajstić information content (AvgIpc) is 2.96. The first kappa shape index (κ1) is 17.6. The Labute approximate surface area is 150 Å². The van der Waals surface area contributed by atoms with E-state index in [9.17, 15) is 13.5 Å². The number of azo groups is 1. The second-order valence-electron chi connectivity index (χ2n) is 6.08. The van der Waals surface area contributed by atoms with E-state index in [-0.39, 0.29) is 10.8 Å². The van der Waals surface area contributed by atoms with Gasteiger partial charge >= 0.3 is 0 Å². The van der Waals surface area contributed by atoms with Crippen LogP contribution < -0.4 is 4.90 Å². The standard InChI is InChI=1S/C16H18N4O3S2/c1-10(2)8-20-12-6-4-5-7-13(12)25(22,23)14(15(20)21)18-19-16-17-11(3)9-24-16/h4-7,9-10,21H,8H2,1-3H3. The van der Waals surface area contributed by atoms with Crippen molar-refractivity contribution in [2.75, 3.05) is 11.4 Å². The molecule has 2 heterocycles. The third-order valence-corrected chi connectivity index (χ3v) is 6.07. The summed E-state index contributed by atoms with van der Waals surface area (Å²) in [6.07, 6.45) is 0. The zero-order valence-electron chi connectivity index (χ0n) is 14.0. The Morgan fingerprint density at radius 3 is 2.64 bits per heavy atom. The highest BCUT2D eigenvalue weighted by Crippen LogP contribution is 2.39. The van der Waals surface area contributed by atoms with Crippen LogP contribution in [0.25, 0.3) is 0 Å². The second kappa shape index (κ2) is 6.57. The van der Waals surface area contributed by atoms with Crippen LogP contribution in [0.3, 0.4) is 0 Å². The minimum Gasteiger partial charge on any atom is -0.492 e. The molecule has 132 valence electrons. The smallest absolute Gasteiger partial charge is 0.242 e. The summed E-state index contributed by atoms with van der Waals surface area (Å²) >= 11 is 1.25. The van der Waals surface area contributed by atoms with Gasteiger partial charge in [0.05, 0.1) is 16.3 Å². The summed E-state index contributed by atoms with van der Waals surface area (Å²) < 4.78 is 25.7. The van der Waals surface area contributed by atoms with Crippen LogP contribution in [0.2, 0.25) is 0 Å². The SMILES string of the molecule is Cc1csc(N=NC2=C(O)N(CC(C)C)c3ccccc3S2(=O)=O)n1. The maximum absolute atomic E-state index is 12.9. The van der Waals surface area contributed by atoms with E-state index in [4.69, 9.17) is 0 Å². The molecule has 1 N–H and O–H groups in total. The summed E-state index contributed by atoms with van der Waals surface area (Å²) in [7, 11) is -3.96. The maximum atomic E-state index is 12.9. The number of anilines is 1. The van der Waals surface area contributed by atoms with Gasteiger partial charge in [-0.15, -0.1) is 21.6 Å². The highest BCUT2D eigenvalue weighted by Gasteiger charge is 2.37. The lowest BCUT2D eigenvalue weighted by Gasteiger charge is -2.31. The Bertz CT molecular complexity index is 961. The van der Waals surface area contributed by atoms with Gasteiger partial charge in [-0.3, -0.25) is 0 Å². The van der Waals surface area contributed by atoms with Crippen molar-refractivity contribution in [1.82, 2.24) is 4.98 Å². The molecule has 1 aliphatic rings. The summed E-state index contributed by atoms with van der Waals surface area (Å²) in [4.78, 5) is 5.79. The van der Waals surface area contributed by atoms with Crippen molar-refractivity contribution in [2.24, 2.45) is 16.1 Å². The molecule has 0 radical (unpaired) electrons. The zero-order valence-corrected chi connectivity index (χ0v) is 15.7. The van der Waals surface area contributed by atoms with Gasteiger partial charge in [0.15, 0.2) is 0 Å². The Morgan fingerprint density at radius 1 is 1.28 bits per heavy atom. The fourth-order valence-corrected chi connectivity index (χ4v) is 4.52. The van der Waals surface area contributed by atoms with Crippen molar-refractivity contribution in [2.45, 2.75) is 25.7 Å². The number of hydrogen-bond acceptors (Lipinski definition) is 8. The van der Waals surface area contributed by atoms with E-state index in [1.807, 2.05) is 20.8 Å². The van der Waals surface area contributed by atoms with Crippen LogP contribution in [0, 0.1) is 12.8 Å². The Morgan fingerprint density at radius 2 is 2.00 bits per heavy atom. The van der Waals surface area contributed by atoms with Crippen molar-refractivity contribution in [1.29, 1.82) is 0 Å². The number of sulfone groups is 1. The van der Waals surface area contributed by atoms with Crippen LogP contribution in [-0.2, 0) is 9.84 Å². The molecule has 9 heteroatoms. The molecule has 1 aromatic heterocycles. The summed E-state index contributed by atoms with van der Waals surface area (Å²) in [5.74, 6) is -0.208. The number of fused-ring (bicyclic) bond motifs is 1. The van der Waals surface area contributed by atoms with Gasteiger partial charge in [0.25, 0.3) is 0 Å². The minimum absolute atomic E-state index is 0.109. The van der Waals surface area contributed by atoms with Crippen LogP contribution in [0.5, 0.6) is 0 Å². The van der Waals surface area contributed by atoms with E-state index in [0.29, 0.717) is 17.4 Å². The summed E-state index contributed by atoms with van der Waals surface area (Å²) in [6, 6.07) is 6.56. The molecule has 0 fully saturated rings. The maximum Gasteiger partial charge on any atom is 0.242 e. The van der Waals surface area contributed by atoms with Gasteiger partial charge in [-0.2, -0.15) is 0 Å². The van der Waals surface area contributed by atoms with Crippen molar-refractivity contribution >= 4 is 32.0 Å². The molecule has 0 aliphatic carbocycles. The number of rotatable bonds is 4. The predicted octanol–water partition coefficient (Wildman–Crippen LogP) is 4.17. The Hall–Kier alpha value is -2.26. The number of aryl methyl sites for hydroxylation is 1. The van der Waals surface area contributed by atoms with Gasteiger partial charge in [-0.05, 0) is 25.0 Å². The number of hydrogen-bond donors (Lipinski definition) is 1. The van der Waals surface area contributed by atoms with Gasteiger partial charge in [0.2, 0.25) is 25.9 Å². The molecule has 2 aromatic rings. The number of aliphatic hydroxyl groups excluding tert-OH is 1. The summed E-state index contributed by atoms with van der Waals surface area (Å²) in [5, 5.41) is 20.0. The second-order valence-corrected chi connectivity index (χ2v) is 8.75. The van der Waals surface area contributed by atoms with Crippen LogP contribution in [0.4, 0.5) is 10.8 Å². The normalized spacial score (nSPS) is 16.7. The fourth-order valence-electron chi connectivity index (χ4n) is 2.49. The molecular weight excluding hydrogens is 360 g/mol. The third kappa shape index (κ3) is 3.29. The van der Waals surface area contributed by atoms with Crippen LogP contribution in [0.15, 0.2) is 55.7 Å². The first-order chi connectivity index (χ1) is 11.8. The lowest BCUT2D eigenvalue weighted by molar-refractivity contribution is 0.374. The molecule has 0 saturated heterocycles. The number of aromatic nitrogens is 1. The van der Waals surface area contributed by atoms with Crippen LogP contribution in [-0.4, -0.2) is 25.1 Å². The highest BCUT2D eigenvalue weighted by atomic mass is 32.2. The first-order valence-electron chi connectivity index (χ1n) is 7.69. The van der Waals surface area contributed by atoms with Gasteiger partial charge in [0, 0.05) is 11.9 Å². The molecule has 7 nitrogen and oxygen atoms in total. The molecule has 0 saturated carbocycles. The molecule has 1 aliphatic heterocycles. The minimum atomic E-state index is -3.96. The van der Waals surface area contributed by atoms with E-state index in [0.717, 1.165) is 5.69 Å². The van der Waals surface area contributed by atoms with E-state index in [1.54, 1.807) is 28.5 Å². The number of aliphatic hydroxyl groups is 1. The number of nitrogens with zero attached hydrogens (tertiary/aromatic N) is 4. The number of thiazole rings is 1. The molecule has 0 unspecified atom stereocenters. The summed E-state index contributed by atoms with van der Waals surface area (Å²) in [6.45, 7) is 6.23. The van der Waals surface area contributed by atoms with Crippen molar-refractivity contribution in [3.8, 4) is 0 Å². The zero-order chi connectivity index (χ0) is 18.2. The number of benzene rings is 1. The topological polar surface area (TPSA) is 95.2 Å². The van der Waals surface area contributed by atoms with Crippen molar-refractivity contribution < 1.29 is 13.5 Å². The number of para-hydroxylation sites is 1. The highest BCUT2D eigenvalue weighted by molar-refractivity contribution is 7.95. The molecule has 3 rings (SSSR count). The monoisotopic (exact) mass is 378 g/mol. The average molecular weight is 378 g/mol. The van der Waals surface area contributed by atoms with Crippen molar-refractivity contribution in [3.63, 3.8) is 0 Å². The van der Waals surface area contributed by atoms with Gasteiger partial charge in [-0.1, -0.05) is 26.0 Å². The molecule has 25 heavy (non-hydrogen) atoms. The molecule has 1 aromatic carbocycles. The third-order valence-electron chi connectivity index (χ3n) is 3.53.